The lowest BCUT2D eigenvalue weighted by molar-refractivity contribution is -0.134. The van der Waals surface area contributed by atoms with Crippen LogP contribution in [-0.2, 0) is 9.59 Å². The number of piperidine rings is 1. The van der Waals surface area contributed by atoms with Gasteiger partial charge in [0, 0.05) is 20.0 Å². The van der Waals surface area contributed by atoms with Gasteiger partial charge in [0.25, 0.3) is 0 Å². The van der Waals surface area contributed by atoms with Crippen LogP contribution in [-0.4, -0.2) is 29.8 Å². The van der Waals surface area contributed by atoms with Crippen LogP contribution in [0.25, 0.3) is 0 Å². The molecule has 126 valence electrons. The molecule has 4 nitrogen and oxygen atoms in total. The molecule has 1 aromatic rings. The molecule has 0 unspecified atom stereocenters. The molecule has 0 aliphatic carbocycles. The van der Waals surface area contributed by atoms with Crippen molar-refractivity contribution in [1.29, 1.82) is 0 Å². The Morgan fingerprint density at radius 2 is 1.74 bits per heavy atom. The summed E-state index contributed by atoms with van der Waals surface area (Å²) >= 11 is 0. The number of carbonyl (C=O) groups is 2. The van der Waals surface area contributed by atoms with Crippen LogP contribution in [0.1, 0.15) is 50.8 Å². The zero-order valence-electron chi connectivity index (χ0n) is 14.6. The molecule has 0 aromatic heterocycles. The molecule has 1 fully saturated rings. The number of nitrogens with one attached hydrogen (secondary N) is 1. The normalized spacial score (nSPS) is 22.5. The van der Waals surface area contributed by atoms with Gasteiger partial charge in [-0.2, -0.15) is 0 Å². The molecule has 4 heteroatoms. The molecular weight excluding hydrogens is 288 g/mol. The molecule has 0 spiro atoms. The van der Waals surface area contributed by atoms with Crippen LogP contribution < -0.4 is 5.32 Å². The van der Waals surface area contributed by atoms with E-state index in [9.17, 15) is 9.59 Å². The largest absolute Gasteiger partial charge is 0.349 e. The van der Waals surface area contributed by atoms with Gasteiger partial charge in [0.2, 0.25) is 11.8 Å². The van der Waals surface area contributed by atoms with Crippen molar-refractivity contribution in [2.45, 2.75) is 46.6 Å². The highest BCUT2D eigenvalue weighted by Gasteiger charge is 2.27. The van der Waals surface area contributed by atoms with Crippen molar-refractivity contribution in [2.24, 2.45) is 11.8 Å². The minimum absolute atomic E-state index is 0.108. The van der Waals surface area contributed by atoms with E-state index in [-0.39, 0.29) is 17.9 Å². The van der Waals surface area contributed by atoms with Gasteiger partial charge >= 0.3 is 0 Å². The summed E-state index contributed by atoms with van der Waals surface area (Å²) in [6, 6.07) is 7.75. The van der Waals surface area contributed by atoms with Crippen LogP contribution in [0.15, 0.2) is 24.3 Å². The van der Waals surface area contributed by atoms with E-state index < -0.39 is 0 Å². The molecule has 1 aliphatic heterocycles. The summed E-state index contributed by atoms with van der Waals surface area (Å²) in [6.07, 6.45) is 1.50. The lowest BCUT2D eigenvalue weighted by Crippen LogP contribution is -2.44. The zero-order chi connectivity index (χ0) is 17.0. The fourth-order valence-electron chi connectivity index (χ4n) is 3.47. The molecule has 1 aromatic carbocycles. The Bertz CT molecular complexity index is 543. The first-order chi connectivity index (χ1) is 10.8. The Morgan fingerprint density at radius 1 is 1.17 bits per heavy atom. The molecule has 0 bridgehead atoms. The molecular formula is C19H28N2O2. The monoisotopic (exact) mass is 316 g/mol. The SMILES string of the molecule is CC(=O)N[C@H](CC(=O)N1C[C@@H](C)C[C@H](C)C1)c1ccc(C)cc1. The molecule has 3 atom stereocenters. The van der Waals surface area contributed by atoms with Crippen LogP contribution in [0.2, 0.25) is 0 Å². The highest BCUT2D eigenvalue weighted by molar-refractivity contribution is 5.79. The van der Waals surface area contributed by atoms with Gasteiger partial charge in [0.15, 0.2) is 0 Å². The van der Waals surface area contributed by atoms with E-state index >= 15 is 0 Å². The lowest BCUT2D eigenvalue weighted by Gasteiger charge is -2.36. The third kappa shape index (κ3) is 5.08. The maximum Gasteiger partial charge on any atom is 0.225 e. The quantitative estimate of drug-likeness (QED) is 0.928. The van der Waals surface area contributed by atoms with E-state index in [1.807, 2.05) is 36.1 Å². The first-order valence-corrected chi connectivity index (χ1v) is 8.46. The van der Waals surface area contributed by atoms with E-state index in [0.29, 0.717) is 18.3 Å². The summed E-state index contributed by atoms with van der Waals surface area (Å²) in [4.78, 5) is 26.2. The molecule has 1 N–H and O–H groups in total. The molecule has 23 heavy (non-hydrogen) atoms. The lowest BCUT2D eigenvalue weighted by atomic mass is 9.91. The van der Waals surface area contributed by atoms with Crippen molar-refractivity contribution in [1.82, 2.24) is 10.2 Å². The number of rotatable bonds is 4. The smallest absolute Gasteiger partial charge is 0.225 e. The van der Waals surface area contributed by atoms with E-state index in [1.165, 1.54) is 18.9 Å². The van der Waals surface area contributed by atoms with Gasteiger partial charge in [-0.25, -0.2) is 0 Å². The summed E-state index contributed by atoms with van der Waals surface area (Å²) in [7, 11) is 0. The maximum atomic E-state index is 12.7. The van der Waals surface area contributed by atoms with Crippen molar-refractivity contribution in [2.75, 3.05) is 13.1 Å². The van der Waals surface area contributed by atoms with Crippen molar-refractivity contribution in [3.8, 4) is 0 Å². The standard InChI is InChI=1S/C19H28N2O2/c1-13-5-7-17(8-6-13)18(20-16(4)22)10-19(23)21-11-14(2)9-15(3)12-21/h5-8,14-15,18H,9-12H2,1-4H3,(H,20,22)/t14-,15-,18+/m0/s1. The topological polar surface area (TPSA) is 49.4 Å². The molecule has 0 radical (unpaired) electrons. The minimum atomic E-state index is -0.256. The van der Waals surface area contributed by atoms with Crippen LogP contribution >= 0.6 is 0 Å². The predicted octanol–water partition coefficient (Wildman–Crippen LogP) is 3.07. The van der Waals surface area contributed by atoms with Gasteiger partial charge in [-0.3, -0.25) is 9.59 Å². The molecule has 2 rings (SSSR count). The molecule has 1 saturated heterocycles. The number of likely N-dealkylation sites (tertiary alicyclic amines) is 1. The average molecular weight is 316 g/mol. The van der Waals surface area contributed by atoms with E-state index in [2.05, 4.69) is 19.2 Å². The van der Waals surface area contributed by atoms with E-state index in [0.717, 1.165) is 18.7 Å². The van der Waals surface area contributed by atoms with Crippen molar-refractivity contribution < 1.29 is 9.59 Å². The van der Waals surface area contributed by atoms with Gasteiger partial charge in [-0.05, 0) is 30.7 Å². The number of hydrogen-bond acceptors (Lipinski definition) is 2. The number of carbonyl (C=O) groups excluding carboxylic acids is 2. The number of aryl methyl sites for hydroxylation is 1. The number of hydrogen-bond donors (Lipinski definition) is 1. The fourth-order valence-corrected chi connectivity index (χ4v) is 3.47. The zero-order valence-corrected chi connectivity index (χ0v) is 14.6. The summed E-state index contributed by atoms with van der Waals surface area (Å²) in [5.74, 6) is 1.11. The highest BCUT2D eigenvalue weighted by atomic mass is 16.2. The number of amides is 2. The predicted molar refractivity (Wildman–Crippen MR) is 91.9 cm³/mol. The average Bonchev–Trinajstić information content (AvgIpc) is 2.45. The van der Waals surface area contributed by atoms with Gasteiger partial charge in [-0.15, -0.1) is 0 Å². The van der Waals surface area contributed by atoms with Crippen LogP contribution in [0.3, 0.4) is 0 Å². The second-order valence-corrected chi connectivity index (χ2v) is 7.11. The van der Waals surface area contributed by atoms with E-state index in [4.69, 9.17) is 0 Å². The second-order valence-electron chi connectivity index (χ2n) is 7.11. The third-order valence-electron chi connectivity index (χ3n) is 4.46. The van der Waals surface area contributed by atoms with Gasteiger partial charge in [0.05, 0.1) is 12.5 Å². The Morgan fingerprint density at radius 3 is 2.26 bits per heavy atom. The van der Waals surface area contributed by atoms with E-state index in [1.54, 1.807) is 0 Å². The molecule has 0 saturated carbocycles. The minimum Gasteiger partial charge on any atom is -0.349 e. The van der Waals surface area contributed by atoms with Crippen LogP contribution in [0, 0.1) is 18.8 Å². The number of nitrogens with zero attached hydrogens (tertiary/aromatic N) is 1. The van der Waals surface area contributed by atoms with Gasteiger partial charge < -0.3 is 10.2 Å². The van der Waals surface area contributed by atoms with Gasteiger partial charge in [-0.1, -0.05) is 43.7 Å². The number of benzene rings is 1. The second kappa shape index (κ2) is 7.62. The van der Waals surface area contributed by atoms with Gasteiger partial charge in [0.1, 0.15) is 0 Å². The summed E-state index contributed by atoms with van der Waals surface area (Å²) in [5, 5.41) is 2.92. The van der Waals surface area contributed by atoms with Crippen LogP contribution in [0.4, 0.5) is 0 Å². The maximum absolute atomic E-state index is 12.7. The summed E-state index contributed by atoms with van der Waals surface area (Å²) in [6.45, 7) is 9.56. The Kier molecular flexibility index (Phi) is 5.80. The summed E-state index contributed by atoms with van der Waals surface area (Å²) < 4.78 is 0. The molecule has 1 heterocycles. The fraction of sp³-hybridized carbons (Fsp3) is 0.579. The third-order valence-corrected chi connectivity index (χ3v) is 4.46. The molecule has 2 amide bonds. The molecule has 1 aliphatic rings. The Labute approximate surface area is 139 Å². The van der Waals surface area contributed by atoms with Crippen LogP contribution in [0.5, 0.6) is 0 Å². The van der Waals surface area contributed by atoms with Crippen molar-refractivity contribution >= 4 is 11.8 Å². The first kappa shape index (κ1) is 17.5. The van der Waals surface area contributed by atoms with Crippen molar-refractivity contribution in [3.63, 3.8) is 0 Å². The Hall–Kier alpha value is -1.84. The summed E-state index contributed by atoms with van der Waals surface area (Å²) in [5.41, 5.74) is 2.15. The highest BCUT2D eigenvalue weighted by Crippen LogP contribution is 2.24. The first-order valence-electron chi connectivity index (χ1n) is 8.46. The Balaban J connectivity index is 2.09. The van der Waals surface area contributed by atoms with Crippen molar-refractivity contribution in [3.05, 3.63) is 35.4 Å².